The number of allylic oxidation sites excluding steroid dienone is 2. The van der Waals surface area contributed by atoms with Crippen LogP contribution in [0.15, 0.2) is 42.9 Å². The number of pyridine rings is 1. The second-order valence-electron chi connectivity index (χ2n) is 7.57. The Kier molecular flexibility index (Phi) is 5.01. The molecule has 2 aromatic rings. The molecule has 0 saturated heterocycles. The summed E-state index contributed by atoms with van der Waals surface area (Å²) < 4.78 is 7.93. The average Bonchev–Trinajstić information content (AvgIpc) is 3.40. The van der Waals surface area contributed by atoms with Gasteiger partial charge >= 0.3 is 0 Å². The van der Waals surface area contributed by atoms with Crippen LogP contribution in [-0.2, 0) is 0 Å². The molecule has 1 aliphatic carbocycles. The third-order valence-corrected chi connectivity index (χ3v) is 5.27. The van der Waals surface area contributed by atoms with Gasteiger partial charge in [-0.05, 0) is 51.2 Å². The van der Waals surface area contributed by atoms with Crippen molar-refractivity contribution < 1.29 is 4.74 Å². The number of rotatable bonds is 7. The van der Waals surface area contributed by atoms with Crippen molar-refractivity contribution in [2.75, 3.05) is 13.1 Å². The molecule has 3 heterocycles. The van der Waals surface area contributed by atoms with Gasteiger partial charge in [-0.1, -0.05) is 13.0 Å². The van der Waals surface area contributed by atoms with Gasteiger partial charge in [-0.15, -0.1) is 0 Å². The fraction of sp³-hybridized carbons (Fsp3) is 0.455. The predicted octanol–water partition coefficient (Wildman–Crippen LogP) is 4.51. The van der Waals surface area contributed by atoms with Crippen LogP contribution >= 0.6 is 0 Å². The molecule has 1 aliphatic heterocycles. The van der Waals surface area contributed by atoms with Crippen LogP contribution in [0.1, 0.15) is 38.8 Å². The molecule has 142 valence electrons. The maximum absolute atomic E-state index is 5.99. The quantitative estimate of drug-likeness (QED) is 0.725. The molecule has 0 radical (unpaired) electrons. The van der Waals surface area contributed by atoms with Crippen molar-refractivity contribution in [1.82, 2.24) is 19.7 Å². The topological polar surface area (TPSA) is 43.2 Å². The van der Waals surface area contributed by atoms with Gasteiger partial charge in [0.25, 0.3) is 0 Å². The van der Waals surface area contributed by atoms with Crippen molar-refractivity contribution in [2.24, 2.45) is 5.92 Å². The van der Waals surface area contributed by atoms with Gasteiger partial charge in [0.15, 0.2) is 0 Å². The number of ether oxygens (including phenoxy) is 1. The van der Waals surface area contributed by atoms with Gasteiger partial charge in [0.05, 0.1) is 11.9 Å². The van der Waals surface area contributed by atoms with E-state index in [0.29, 0.717) is 5.92 Å². The molecule has 27 heavy (non-hydrogen) atoms. The molecule has 2 aromatic heterocycles. The fourth-order valence-electron chi connectivity index (χ4n) is 3.53. The molecular weight excluding hydrogens is 336 g/mol. The van der Waals surface area contributed by atoms with E-state index in [9.17, 15) is 0 Å². The zero-order valence-corrected chi connectivity index (χ0v) is 16.4. The molecule has 1 fully saturated rings. The van der Waals surface area contributed by atoms with Crippen LogP contribution < -0.4 is 4.74 Å². The summed E-state index contributed by atoms with van der Waals surface area (Å²) in [6.07, 6.45) is 14.4. The molecule has 0 aromatic carbocycles. The summed E-state index contributed by atoms with van der Waals surface area (Å²) in [5.74, 6) is 1.42. The Balaban J connectivity index is 1.51. The minimum atomic E-state index is 0.251. The molecule has 5 nitrogen and oxygen atoms in total. The molecular formula is C22H28N4O. The first kappa shape index (κ1) is 17.8. The molecule has 0 bridgehead atoms. The van der Waals surface area contributed by atoms with Crippen molar-refractivity contribution in [2.45, 2.75) is 46.1 Å². The van der Waals surface area contributed by atoms with E-state index in [1.165, 1.54) is 12.8 Å². The number of hydrogen-bond acceptors (Lipinski definition) is 4. The smallest absolute Gasteiger partial charge is 0.213 e. The van der Waals surface area contributed by atoms with E-state index in [-0.39, 0.29) is 6.10 Å². The minimum absolute atomic E-state index is 0.251. The highest BCUT2D eigenvalue weighted by atomic mass is 16.5. The highest BCUT2D eigenvalue weighted by molar-refractivity contribution is 5.67. The van der Waals surface area contributed by atoms with Crippen molar-refractivity contribution in [3.8, 4) is 17.0 Å². The Bertz CT molecular complexity index is 863. The van der Waals surface area contributed by atoms with Gasteiger partial charge in [-0.3, -0.25) is 0 Å². The van der Waals surface area contributed by atoms with E-state index in [2.05, 4.69) is 59.4 Å². The second kappa shape index (κ2) is 7.59. The Morgan fingerprint density at radius 2 is 2.15 bits per heavy atom. The minimum Gasteiger partial charge on any atom is -0.474 e. The molecule has 1 saturated carbocycles. The summed E-state index contributed by atoms with van der Waals surface area (Å²) in [6.45, 7) is 8.40. The number of hydrogen-bond donors (Lipinski definition) is 0. The summed E-state index contributed by atoms with van der Waals surface area (Å²) in [5.41, 5.74) is 4.22. The van der Waals surface area contributed by atoms with Crippen LogP contribution in [0, 0.1) is 12.8 Å². The highest BCUT2D eigenvalue weighted by Gasteiger charge is 2.29. The SMILES string of the molecule is CCCN1C=C(n2cc(-c3ccc(OC(C)C4CC4)nc3C)cn2)C=CC1. The molecule has 0 spiro atoms. The molecule has 0 amide bonds. The van der Waals surface area contributed by atoms with Gasteiger partial charge < -0.3 is 9.64 Å². The molecule has 4 rings (SSSR count). The van der Waals surface area contributed by atoms with Gasteiger partial charge in [0, 0.05) is 48.4 Å². The monoisotopic (exact) mass is 364 g/mol. The van der Waals surface area contributed by atoms with Gasteiger partial charge in [-0.2, -0.15) is 5.10 Å². The lowest BCUT2D eigenvalue weighted by molar-refractivity contribution is 0.189. The van der Waals surface area contributed by atoms with Crippen LogP contribution in [-0.4, -0.2) is 38.9 Å². The molecule has 0 N–H and O–H groups in total. The molecule has 1 unspecified atom stereocenters. The maximum atomic E-state index is 5.99. The highest BCUT2D eigenvalue weighted by Crippen LogP contribution is 2.34. The largest absolute Gasteiger partial charge is 0.474 e. The normalized spacial score (nSPS) is 17.7. The summed E-state index contributed by atoms with van der Waals surface area (Å²) in [4.78, 5) is 6.98. The van der Waals surface area contributed by atoms with Gasteiger partial charge in [0.2, 0.25) is 5.88 Å². The third-order valence-electron chi connectivity index (χ3n) is 5.27. The van der Waals surface area contributed by atoms with Crippen LogP contribution in [0.4, 0.5) is 0 Å². The Morgan fingerprint density at radius 1 is 1.30 bits per heavy atom. The first-order chi connectivity index (χ1) is 13.1. The van der Waals surface area contributed by atoms with Crippen molar-refractivity contribution in [1.29, 1.82) is 0 Å². The first-order valence-corrected chi connectivity index (χ1v) is 9.96. The van der Waals surface area contributed by atoms with E-state index in [0.717, 1.165) is 47.9 Å². The van der Waals surface area contributed by atoms with E-state index in [1.807, 2.05) is 23.9 Å². The Morgan fingerprint density at radius 3 is 2.89 bits per heavy atom. The number of aryl methyl sites for hydroxylation is 1. The van der Waals surface area contributed by atoms with Crippen LogP contribution in [0.3, 0.4) is 0 Å². The molecule has 1 atom stereocenters. The standard InChI is InChI=1S/C22H28N4O/c1-4-11-25-12-5-6-20(15-25)26-14-19(13-23-26)21-9-10-22(24-16(21)2)27-17(3)18-7-8-18/h5-6,9-10,13-15,17-18H,4,7-8,11-12H2,1-3H3. The Labute approximate surface area is 161 Å². The number of nitrogens with zero attached hydrogens (tertiary/aromatic N) is 4. The van der Waals surface area contributed by atoms with Crippen molar-refractivity contribution in [3.63, 3.8) is 0 Å². The van der Waals surface area contributed by atoms with Gasteiger partial charge in [-0.25, -0.2) is 9.67 Å². The third kappa shape index (κ3) is 4.07. The first-order valence-electron chi connectivity index (χ1n) is 9.96. The fourth-order valence-corrected chi connectivity index (χ4v) is 3.53. The van der Waals surface area contributed by atoms with E-state index < -0.39 is 0 Å². The van der Waals surface area contributed by atoms with Crippen LogP contribution in [0.25, 0.3) is 16.8 Å². The predicted molar refractivity (Wildman–Crippen MR) is 108 cm³/mol. The molecule has 2 aliphatic rings. The maximum Gasteiger partial charge on any atom is 0.213 e. The molecule has 5 heteroatoms. The number of aromatic nitrogens is 3. The van der Waals surface area contributed by atoms with Crippen LogP contribution in [0.2, 0.25) is 0 Å². The van der Waals surface area contributed by atoms with E-state index >= 15 is 0 Å². The van der Waals surface area contributed by atoms with E-state index in [4.69, 9.17) is 4.74 Å². The van der Waals surface area contributed by atoms with Crippen LogP contribution in [0.5, 0.6) is 5.88 Å². The van der Waals surface area contributed by atoms with Gasteiger partial charge in [0.1, 0.15) is 6.10 Å². The second-order valence-corrected chi connectivity index (χ2v) is 7.57. The lowest BCUT2D eigenvalue weighted by atomic mass is 10.1. The summed E-state index contributed by atoms with van der Waals surface area (Å²) in [6, 6.07) is 4.06. The zero-order chi connectivity index (χ0) is 18.8. The van der Waals surface area contributed by atoms with Crippen molar-refractivity contribution >= 4 is 5.70 Å². The lowest BCUT2D eigenvalue weighted by Gasteiger charge is -2.22. The summed E-state index contributed by atoms with van der Waals surface area (Å²) in [5, 5.41) is 4.57. The summed E-state index contributed by atoms with van der Waals surface area (Å²) in [7, 11) is 0. The Hall–Kier alpha value is -2.56. The van der Waals surface area contributed by atoms with Crippen molar-refractivity contribution in [3.05, 3.63) is 48.6 Å². The summed E-state index contributed by atoms with van der Waals surface area (Å²) >= 11 is 0. The zero-order valence-electron chi connectivity index (χ0n) is 16.4. The lowest BCUT2D eigenvalue weighted by Crippen LogP contribution is -2.21. The average molecular weight is 364 g/mol. The van der Waals surface area contributed by atoms with E-state index in [1.54, 1.807) is 0 Å².